The molecule has 0 aliphatic carbocycles. The molecule has 1 N–H and O–H groups in total. The Labute approximate surface area is 161 Å². The number of rotatable bonds is 4. The molecule has 138 valence electrons. The number of aromatic nitrogens is 2. The Morgan fingerprint density at radius 1 is 0.962 bits per heavy atom. The number of hydrogen-bond donors (Lipinski definition) is 1. The van der Waals surface area contributed by atoms with E-state index in [1.807, 2.05) is 6.07 Å². The molecule has 1 aliphatic heterocycles. The second-order valence-electron chi connectivity index (χ2n) is 6.25. The second kappa shape index (κ2) is 8.07. The van der Waals surface area contributed by atoms with E-state index in [2.05, 4.69) is 39.0 Å². The van der Waals surface area contributed by atoms with Crippen molar-refractivity contribution < 1.29 is 0 Å². The van der Waals surface area contributed by atoms with Gasteiger partial charge in [-0.2, -0.15) is 0 Å². The monoisotopic (exact) mass is 392 g/mol. The molecule has 0 spiro atoms. The third-order valence-electron chi connectivity index (χ3n) is 4.76. The van der Waals surface area contributed by atoms with Gasteiger partial charge in [0, 0.05) is 55.7 Å². The SMILES string of the molecule is Cl.O=c1[nH]c2cscc2c(=O)n1CCN1CCN(c2ccccc2)CC1. The predicted octanol–water partition coefficient (Wildman–Crippen LogP) is 2.00. The summed E-state index contributed by atoms with van der Waals surface area (Å²) < 4.78 is 1.32. The number of piperazine rings is 1. The number of halogens is 1. The van der Waals surface area contributed by atoms with Crippen LogP contribution in [0.1, 0.15) is 0 Å². The van der Waals surface area contributed by atoms with Crippen LogP contribution in [0.2, 0.25) is 0 Å². The summed E-state index contributed by atoms with van der Waals surface area (Å²) in [6.45, 7) is 4.91. The number of hydrogen-bond acceptors (Lipinski definition) is 5. The van der Waals surface area contributed by atoms with Crippen molar-refractivity contribution in [2.45, 2.75) is 6.54 Å². The van der Waals surface area contributed by atoms with E-state index in [1.54, 1.807) is 10.8 Å². The van der Waals surface area contributed by atoms with Gasteiger partial charge >= 0.3 is 5.69 Å². The Balaban J connectivity index is 0.00000196. The highest BCUT2D eigenvalue weighted by atomic mass is 35.5. The van der Waals surface area contributed by atoms with Gasteiger partial charge in [-0.25, -0.2) is 4.79 Å². The highest BCUT2D eigenvalue weighted by molar-refractivity contribution is 7.09. The summed E-state index contributed by atoms with van der Waals surface area (Å²) in [5.74, 6) is 0. The molecular formula is C18H21ClN4O2S. The molecule has 6 nitrogen and oxygen atoms in total. The summed E-state index contributed by atoms with van der Waals surface area (Å²) in [4.78, 5) is 32.1. The lowest BCUT2D eigenvalue weighted by atomic mass is 10.2. The standard InChI is InChI=1S/C18H20N4O2S.ClH/c23-17-15-12-25-13-16(15)19-18(24)22(17)11-8-20-6-9-21(10-7-20)14-4-2-1-3-5-14;/h1-5,12-13H,6-11H2,(H,19,24);1H. The second-order valence-corrected chi connectivity index (χ2v) is 6.99. The third kappa shape index (κ3) is 3.70. The van der Waals surface area contributed by atoms with E-state index in [9.17, 15) is 9.59 Å². The maximum Gasteiger partial charge on any atom is 0.328 e. The number of nitrogens with zero attached hydrogens (tertiary/aromatic N) is 3. The average Bonchev–Trinajstić information content (AvgIpc) is 3.11. The van der Waals surface area contributed by atoms with E-state index in [0.717, 1.165) is 26.2 Å². The number of para-hydroxylation sites is 1. The fourth-order valence-electron chi connectivity index (χ4n) is 3.29. The molecule has 0 radical (unpaired) electrons. The van der Waals surface area contributed by atoms with Gasteiger partial charge in [-0.3, -0.25) is 14.3 Å². The first-order chi connectivity index (χ1) is 12.2. The molecule has 0 bridgehead atoms. The number of nitrogens with one attached hydrogen (secondary N) is 1. The normalized spacial score (nSPS) is 15.2. The van der Waals surface area contributed by atoms with Crippen LogP contribution in [0.25, 0.3) is 10.9 Å². The molecule has 3 aromatic rings. The van der Waals surface area contributed by atoms with Gasteiger partial charge in [-0.1, -0.05) is 18.2 Å². The first-order valence-electron chi connectivity index (χ1n) is 8.44. The van der Waals surface area contributed by atoms with Crippen molar-refractivity contribution in [3.8, 4) is 0 Å². The smallest absolute Gasteiger partial charge is 0.328 e. The molecule has 8 heteroatoms. The molecule has 0 saturated carbocycles. The zero-order chi connectivity index (χ0) is 17.2. The van der Waals surface area contributed by atoms with Gasteiger partial charge in [-0.05, 0) is 12.1 Å². The summed E-state index contributed by atoms with van der Waals surface area (Å²) in [5.41, 5.74) is 1.37. The zero-order valence-corrected chi connectivity index (χ0v) is 15.9. The predicted molar refractivity (Wildman–Crippen MR) is 109 cm³/mol. The Morgan fingerprint density at radius 2 is 1.69 bits per heavy atom. The fourth-order valence-corrected chi connectivity index (χ4v) is 4.05. The summed E-state index contributed by atoms with van der Waals surface area (Å²) in [5, 5.41) is 4.19. The molecule has 0 unspecified atom stereocenters. The van der Waals surface area contributed by atoms with Gasteiger partial charge in [0.1, 0.15) is 0 Å². The van der Waals surface area contributed by atoms with Crippen LogP contribution in [0, 0.1) is 0 Å². The molecule has 1 aromatic carbocycles. The van der Waals surface area contributed by atoms with Gasteiger partial charge in [-0.15, -0.1) is 23.7 Å². The number of anilines is 1. The summed E-state index contributed by atoms with van der Waals surface area (Å²) in [7, 11) is 0. The molecule has 3 heterocycles. The Hall–Kier alpha value is -2.09. The van der Waals surface area contributed by atoms with Crippen LogP contribution in [0.4, 0.5) is 5.69 Å². The molecule has 1 saturated heterocycles. The lowest BCUT2D eigenvalue weighted by Crippen LogP contribution is -2.48. The summed E-state index contributed by atoms with van der Waals surface area (Å²) >= 11 is 1.43. The van der Waals surface area contributed by atoms with Crippen LogP contribution in [-0.4, -0.2) is 47.2 Å². The van der Waals surface area contributed by atoms with Crippen LogP contribution in [0.3, 0.4) is 0 Å². The minimum atomic E-state index is -0.321. The highest BCUT2D eigenvalue weighted by Crippen LogP contribution is 2.15. The van der Waals surface area contributed by atoms with Crippen molar-refractivity contribution >= 4 is 40.3 Å². The molecule has 1 fully saturated rings. The molecule has 2 aromatic heterocycles. The number of benzene rings is 1. The van der Waals surface area contributed by atoms with Crippen molar-refractivity contribution in [2.24, 2.45) is 0 Å². The van der Waals surface area contributed by atoms with Gasteiger partial charge in [0.2, 0.25) is 0 Å². The minimum absolute atomic E-state index is 0. The van der Waals surface area contributed by atoms with Crippen molar-refractivity contribution in [2.75, 3.05) is 37.6 Å². The zero-order valence-electron chi connectivity index (χ0n) is 14.3. The van der Waals surface area contributed by atoms with Crippen LogP contribution >= 0.6 is 23.7 Å². The quantitative estimate of drug-likeness (QED) is 0.737. The van der Waals surface area contributed by atoms with Crippen LogP contribution in [0.15, 0.2) is 50.7 Å². The fraction of sp³-hybridized carbons (Fsp3) is 0.333. The van der Waals surface area contributed by atoms with Crippen LogP contribution in [0.5, 0.6) is 0 Å². The molecule has 26 heavy (non-hydrogen) atoms. The Kier molecular flexibility index (Phi) is 5.80. The van der Waals surface area contributed by atoms with Crippen molar-refractivity contribution in [1.82, 2.24) is 14.5 Å². The number of aromatic amines is 1. The van der Waals surface area contributed by atoms with Crippen molar-refractivity contribution in [3.63, 3.8) is 0 Å². The maximum atomic E-state index is 12.4. The van der Waals surface area contributed by atoms with Gasteiger partial charge in [0.15, 0.2) is 0 Å². The number of thiophene rings is 1. The molecule has 0 amide bonds. The first kappa shape index (κ1) is 18.7. The van der Waals surface area contributed by atoms with Gasteiger partial charge in [0.25, 0.3) is 5.56 Å². The van der Waals surface area contributed by atoms with E-state index >= 15 is 0 Å². The molecule has 0 atom stereocenters. The van der Waals surface area contributed by atoms with Gasteiger partial charge in [0.05, 0.1) is 10.9 Å². The van der Waals surface area contributed by atoms with E-state index in [1.165, 1.54) is 21.6 Å². The lowest BCUT2D eigenvalue weighted by Gasteiger charge is -2.36. The molecule has 4 rings (SSSR count). The average molecular weight is 393 g/mol. The van der Waals surface area contributed by atoms with E-state index < -0.39 is 0 Å². The van der Waals surface area contributed by atoms with E-state index in [-0.39, 0.29) is 23.7 Å². The van der Waals surface area contributed by atoms with E-state index in [0.29, 0.717) is 24.0 Å². The maximum absolute atomic E-state index is 12.4. The van der Waals surface area contributed by atoms with Crippen molar-refractivity contribution in [3.05, 3.63) is 61.9 Å². The summed E-state index contributed by atoms with van der Waals surface area (Å²) in [6.07, 6.45) is 0. The lowest BCUT2D eigenvalue weighted by molar-refractivity contribution is 0.246. The first-order valence-corrected chi connectivity index (χ1v) is 9.38. The number of fused-ring (bicyclic) bond motifs is 1. The summed E-state index contributed by atoms with van der Waals surface area (Å²) in [6, 6.07) is 10.4. The topological polar surface area (TPSA) is 61.3 Å². The minimum Gasteiger partial charge on any atom is -0.369 e. The van der Waals surface area contributed by atoms with Crippen LogP contribution < -0.4 is 16.1 Å². The Morgan fingerprint density at radius 3 is 2.42 bits per heavy atom. The van der Waals surface area contributed by atoms with Crippen LogP contribution in [-0.2, 0) is 6.54 Å². The number of H-pyrrole nitrogens is 1. The third-order valence-corrected chi connectivity index (χ3v) is 5.50. The Bertz CT molecular complexity index is 974. The van der Waals surface area contributed by atoms with Gasteiger partial charge < -0.3 is 9.88 Å². The largest absolute Gasteiger partial charge is 0.369 e. The molecule has 1 aliphatic rings. The molecular weight excluding hydrogens is 372 g/mol. The van der Waals surface area contributed by atoms with E-state index in [4.69, 9.17) is 0 Å². The van der Waals surface area contributed by atoms with Crippen molar-refractivity contribution in [1.29, 1.82) is 0 Å². The highest BCUT2D eigenvalue weighted by Gasteiger charge is 2.17.